The SMILES string of the molecule is N#Cc1ccc(N2C(=O)N(c3ccc(C(=O)NOCC4CCC4)c(F)c3)[C@@H]3CCCC[C@H]32)cc1C(F)(F)F. The van der Waals surface area contributed by atoms with Gasteiger partial charge in [0, 0.05) is 11.4 Å². The molecule has 2 atom stereocenters. The van der Waals surface area contributed by atoms with E-state index in [1.54, 1.807) is 6.07 Å². The third-order valence-corrected chi connectivity index (χ3v) is 7.66. The molecule has 2 aliphatic carbocycles. The molecule has 3 aliphatic rings. The Balaban J connectivity index is 1.41. The number of fused-ring (bicyclic) bond motifs is 1. The van der Waals surface area contributed by atoms with Gasteiger partial charge in [-0.2, -0.15) is 18.4 Å². The minimum Gasteiger partial charge on any atom is -0.289 e. The number of alkyl halides is 3. The first-order chi connectivity index (χ1) is 18.2. The van der Waals surface area contributed by atoms with Crippen LogP contribution in [0.4, 0.5) is 33.7 Å². The maximum absolute atomic E-state index is 15.0. The maximum Gasteiger partial charge on any atom is 0.417 e. The fourth-order valence-corrected chi connectivity index (χ4v) is 5.49. The number of rotatable bonds is 6. The van der Waals surface area contributed by atoms with E-state index in [4.69, 9.17) is 10.1 Å². The quantitative estimate of drug-likeness (QED) is 0.370. The van der Waals surface area contributed by atoms with Gasteiger partial charge in [0.1, 0.15) is 5.82 Å². The van der Waals surface area contributed by atoms with Crippen LogP contribution in [0.3, 0.4) is 0 Å². The summed E-state index contributed by atoms with van der Waals surface area (Å²) >= 11 is 0. The fraction of sp³-hybridized carbons (Fsp3) is 0.444. The van der Waals surface area contributed by atoms with Crippen LogP contribution in [0.2, 0.25) is 0 Å². The second-order valence-electron chi connectivity index (χ2n) is 9.98. The van der Waals surface area contributed by atoms with Crippen molar-refractivity contribution in [3.8, 4) is 6.07 Å². The summed E-state index contributed by atoms with van der Waals surface area (Å²) in [4.78, 5) is 34.0. The Morgan fingerprint density at radius 3 is 2.18 bits per heavy atom. The first-order valence-electron chi connectivity index (χ1n) is 12.6. The van der Waals surface area contributed by atoms with Crippen molar-refractivity contribution in [2.45, 2.75) is 63.2 Å². The largest absolute Gasteiger partial charge is 0.417 e. The topological polar surface area (TPSA) is 85.7 Å². The van der Waals surface area contributed by atoms with E-state index < -0.39 is 41.1 Å². The predicted octanol–water partition coefficient (Wildman–Crippen LogP) is 5.94. The molecule has 3 amide bonds. The zero-order chi connectivity index (χ0) is 27.0. The first kappa shape index (κ1) is 26.0. The van der Waals surface area contributed by atoms with Crippen molar-refractivity contribution in [2.75, 3.05) is 16.4 Å². The van der Waals surface area contributed by atoms with Crippen LogP contribution >= 0.6 is 0 Å². The smallest absolute Gasteiger partial charge is 0.289 e. The number of benzene rings is 2. The first-order valence-corrected chi connectivity index (χ1v) is 12.6. The highest BCUT2D eigenvalue weighted by atomic mass is 19.4. The number of urea groups is 1. The molecule has 1 N–H and O–H groups in total. The molecule has 2 aromatic carbocycles. The zero-order valence-electron chi connectivity index (χ0n) is 20.4. The molecule has 200 valence electrons. The van der Waals surface area contributed by atoms with Crippen LogP contribution in [0.25, 0.3) is 0 Å². The molecule has 2 saturated carbocycles. The summed E-state index contributed by atoms with van der Waals surface area (Å²) in [6.45, 7) is 0.359. The fourth-order valence-electron chi connectivity index (χ4n) is 5.49. The summed E-state index contributed by atoms with van der Waals surface area (Å²) in [7, 11) is 0. The Morgan fingerprint density at radius 1 is 1.00 bits per heavy atom. The predicted molar refractivity (Wildman–Crippen MR) is 130 cm³/mol. The number of amides is 3. The van der Waals surface area contributed by atoms with Crippen LogP contribution in [0.5, 0.6) is 0 Å². The normalized spacial score (nSPS) is 21.6. The third-order valence-electron chi connectivity index (χ3n) is 7.66. The maximum atomic E-state index is 15.0. The summed E-state index contributed by atoms with van der Waals surface area (Å²) in [5.41, 5.74) is 0.608. The molecule has 1 heterocycles. The van der Waals surface area contributed by atoms with E-state index in [0.717, 1.165) is 50.3 Å². The molecule has 5 rings (SSSR count). The number of anilines is 2. The van der Waals surface area contributed by atoms with E-state index in [-0.39, 0.29) is 23.0 Å². The highest BCUT2D eigenvalue weighted by Crippen LogP contribution is 2.42. The highest BCUT2D eigenvalue weighted by molar-refractivity contribution is 6.08. The summed E-state index contributed by atoms with van der Waals surface area (Å²) in [6, 6.07) is 7.19. The molecule has 38 heavy (non-hydrogen) atoms. The van der Waals surface area contributed by atoms with Crippen molar-refractivity contribution >= 4 is 23.3 Å². The molecule has 7 nitrogen and oxygen atoms in total. The van der Waals surface area contributed by atoms with Crippen LogP contribution in [-0.2, 0) is 11.0 Å². The molecule has 11 heteroatoms. The van der Waals surface area contributed by atoms with E-state index >= 15 is 4.39 Å². The zero-order valence-corrected chi connectivity index (χ0v) is 20.4. The van der Waals surface area contributed by atoms with Gasteiger partial charge in [-0.05, 0) is 68.0 Å². The number of carbonyl (C=O) groups is 2. The number of nitriles is 1. The van der Waals surface area contributed by atoms with Gasteiger partial charge in [-0.1, -0.05) is 19.3 Å². The molecule has 1 saturated heterocycles. The molecule has 2 aromatic rings. The second kappa shape index (κ2) is 10.3. The van der Waals surface area contributed by atoms with Crippen molar-refractivity contribution in [2.24, 2.45) is 5.92 Å². The van der Waals surface area contributed by atoms with Gasteiger partial charge in [-0.15, -0.1) is 0 Å². The Labute approximate surface area is 216 Å². The van der Waals surface area contributed by atoms with Crippen molar-refractivity contribution in [3.63, 3.8) is 0 Å². The minimum absolute atomic E-state index is 0.0285. The van der Waals surface area contributed by atoms with Crippen LogP contribution in [0.15, 0.2) is 36.4 Å². The number of hydroxylamine groups is 1. The van der Waals surface area contributed by atoms with Crippen molar-refractivity contribution < 1.29 is 32.0 Å². The molecular weight excluding hydrogens is 504 g/mol. The van der Waals surface area contributed by atoms with E-state index in [1.807, 2.05) is 0 Å². The van der Waals surface area contributed by atoms with Gasteiger partial charge in [0.25, 0.3) is 5.91 Å². The average molecular weight is 531 g/mol. The third kappa shape index (κ3) is 4.80. The summed E-state index contributed by atoms with van der Waals surface area (Å²) < 4.78 is 55.9. The van der Waals surface area contributed by atoms with Gasteiger partial charge in [-0.25, -0.2) is 14.7 Å². The summed E-state index contributed by atoms with van der Waals surface area (Å²) in [6.07, 6.45) is 1.17. The van der Waals surface area contributed by atoms with Gasteiger partial charge >= 0.3 is 12.2 Å². The molecule has 0 spiro atoms. The average Bonchev–Trinajstić information content (AvgIpc) is 3.16. The molecule has 1 aliphatic heterocycles. The van der Waals surface area contributed by atoms with Gasteiger partial charge < -0.3 is 0 Å². The summed E-state index contributed by atoms with van der Waals surface area (Å²) in [5, 5.41) is 9.13. The molecule has 0 bridgehead atoms. The summed E-state index contributed by atoms with van der Waals surface area (Å²) in [5.74, 6) is -1.20. The van der Waals surface area contributed by atoms with Crippen molar-refractivity contribution in [1.82, 2.24) is 5.48 Å². The lowest BCUT2D eigenvalue weighted by molar-refractivity contribution is -0.137. The Kier molecular flexibility index (Phi) is 7.01. The molecule has 0 aromatic heterocycles. The van der Waals surface area contributed by atoms with E-state index in [1.165, 1.54) is 28.0 Å². The van der Waals surface area contributed by atoms with Crippen LogP contribution < -0.4 is 15.3 Å². The monoisotopic (exact) mass is 530 g/mol. The van der Waals surface area contributed by atoms with Crippen molar-refractivity contribution in [1.29, 1.82) is 5.26 Å². The molecule has 0 radical (unpaired) electrons. The van der Waals surface area contributed by atoms with Crippen molar-refractivity contribution in [3.05, 3.63) is 58.9 Å². The Bertz CT molecular complexity index is 1290. The highest BCUT2D eigenvalue weighted by Gasteiger charge is 2.48. The van der Waals surface area contributed by atoms with E-state index in [0.29, 0.717) is 25.4 Å². The lowest BCUT2D eigenvalue weighted by atomic mass is 9.86. The number of halogens is 4. The minimum atomic E-state index is -4.77. The van der Waals surface area contributed by atoms with Crippen LogP contribution in [0, 0.1) is 23.1 Å². The van der Waals surface area contributed by atoms with Gasteiger partial charge in [-0.3, -0.25) is 19.4 Å². The molecule has 3 fully saturated rings. The number of hydrogen-bond donors (Lipinski definition) is 1. The number of hydrogen-bond acceptors (Lipinski definition) is 4. The lowest BCUT2D eigenvalue weighted by Gasteiger charge is -2.32. The standard InChI is InChI=1S/C27H26F4N4O3/c28-22-13-19(10-11-20(22)25(36)33-38-15-16-4-3-5-16)35-24-7-2-1-6-23(24)34(26(35)37)18-9-8-17(14-32)21(12-18)27(29,30)31/h8-13,16,23-24H,1-7,15H2,(H,33,36)/t23-,24-/m1/s1. The second-order valence-corrected chi connectivity index (χ2v) is 9.98. The number of carbonyl (C=O) groups excluding carboxylic acids is 2. The lowest BCUT2D eigenvalue weighted by Crippen LogP contribution is -2.40. The van der Waals surface area contributed by atoms with Gasteiger partial charge in [0.05, 0.1) is 41.5 Å². The van der Waals surface area contributed by atoms with Crippen LogP contribution in [-0.4, -0.2) is 30.6 Å². The van der Waals surface area contributed by atoms with Gasteiger partial charge in [0.2, 0.25) is 0 Å². The number of nitrogens with one attached hydrogen (secondary N) is 1. The van der Waals surface area contributed by atoms with E-state index in [2.05, 4.69) is 5.48 Å². The van der Waals surface area contributed by atoms with Gasteiger partial charge in [0.15, 0.2) is 0 Å². The molecule has 0 unspecified atom stereocenters. The number of nitrogens with zero attached hydrogens (tertiary/aromatic N) is 3. The Morgan fingerprint density at radius 2 is 1.63 bits per heavy atom. The van der Waals surface area contributed by atoms with E-state index in [9.17, 15) is 22.8 Å². The molecular formula is C27H26F4N4O3. The van der Waals surface area contributed by atoms with Crippen LogP contribution in [0.1, 0.15) is 66.4 Å². The Hall–Kier alpha value is -3.65.